The third-order valence-corrected chi connectivity index (χ3v) is 4.14. The van der Waals surface area contributed by atoms with Crippen LogP contribution in [0.25, 0.3) is 0 Å². The Morgan fingerprint density at radius 1 is 1.04 bits per heavy atom. The van der Waals surface area contributed by atoms with Crippen molar-refractivity contribution in [3.63, 3.8) is 0 Å². The summed E-state index contributed by atoms with van der Waals surface area (Å²) in [6, 6.07) is 5.27. The summed E-state index contributed by atoms with van der Waals surface area (Å²) in [5, 5.41) is 0. The van der Waals surface area contributed by atoms with Crippen molar-refractivity contribution in [2.45, 2.75) is 20.3 Å². The first-order valence-electron chi connectivity index (χ1n) is 8.26. The molecule has 0 atom stereocenters. The van der Waals surface area contributed by atoms with E-state index in [-0.39, 0.29) is 11.8 Å². The summed E-state index contributed by atoms with van der Waals surface area (Å²) in [7, 11) is 3.07. The number of carbonyl (C=O) groups excluding carboxylic acids is 2. The fourth-order valence-electron chi connectivity index (χ4n) is 2.86. The first kappa shape index (κ1) is 18.1. The van der Waals surface area contributed by atoms with Gasteiger partial charge in [-0.25, -0.2) is 0 Å². The zero-order chi connectivity index (χ0) is 17.7. The van der Waals surface area contributed by atoms with Gasteiger partial charge in [0.1, 0.15) is 0 Å². The van der Waals surface area contributed by atoms with Crippen molar-refractivity contribution in [2.75, 3.05) is 40.4 Å². The number of amides is 2. The number of benzene rings is 1. The molecule has 132 valence electrons. The highest BCUT2D eigenvalue weighted by molar-refractivity contribution is 5.98. The van der Waals surface area contributed by atoms with E-state index in [0.717, 1.165) is 0 Å². The number of hydrogen-bond acceptors (Lipinski definition) is 4. The van der Waals surface area contributed by atoms with Gasteiger partial charge in [-0.3, -0.25) is 9.59 Å². The Morgan fingerprint density at radius 3 is 2.21 bits per heavy atom. The van der Waals surface area contributed by atoms with E-state index in [9.17, 15) is 9.59 Å². The first-order chi connectivity index (χ1) is 11.5. The minimum Gasteiger partial charge on any atom is -0.493 e. The lowest BCUT2D eigenvalue weighted by molar-refractivity contribution is -0.133. The summed E-state index contributed by atoms with van der Waals surface area (Å²) < 4.78 is 10.6. The summed E-state index contributed by atoms with van der Waals surface area (Å²) >= 11 is 0. The molecular weight excluding hydrogens is 308 g/mol. The predicted octanol–water partition coefficient (Wildman–Crippen LogP) is 2.03. The van der Waals surface area contributed by atoms with Gasteiger partial charge in [-0.1, -0.05) is 19.9 Å². The fourth-order valence-corrected chi connectivity index (χ4v) is 2.86. The van der Waals surface area contributed by atoms with Gasteiger partial charge in [0.15, 0.2) is 11.5 Å². The van der Waals surface area contributed by atoms with E-state index in [1.807, 2.05) is 18.7 Å². The highest BCUT2D eigenvalue weighted by Crippen LogP contribution is 2.31. The van der Waals surface area contributed by atoms with E-state index in [0.29, 0.717) is 55.6 Å². The summed E-state index contributed by atoms with van der Waals surface area (Å²) in [5.74, 6) is 1.40. The van der Waals surface area contributed by atoms with Gasteiger partial charge in [-0.2, -0.15) is 0 Å². The van der Waals surface area contributed by atoms with Gasteiger partial charge in [0.25, 0.3) is 5.91 Å². The second kappa shape index (κ2) is 8.04. The Balaban J connectivity index is 2.05. The molecule has 0 unspecified atom stereocenters. The molecule has 2 rings (SSSR count). The molecule has 0 radical (unpaired) electrons. The molecule has 6 nitrogen and oxygen atoms in total. The normalized spacial score (nSPS) is 14.7. The van der Waals surface area contributed by atoms with Crippen LogP contribution in [-0.2, 0) is 4.79 Å². The second-order valence-corrected chi connectivity index (χ2v) is 6.31. The van der Waals surface area contributed by atoms with Gasteiger partial charge in [-0.05, 0) is 18.1 Å². The van der Waals surface area contributed by atoms with Crippen LogP contribution in [0.4, 0.5) is 0 Å². The average molecular weight is 334 g/mol. The molecule has 0 aliphatic carbocycles. The maximum Gasteiger partial charge on any atom is 0.257 e. The van der Waals surface area contributed by atoms with E-state index in [4.69, 9.17) is 9.47 Å². The number of ether oxygens (including phenoxy) is 2. The summed E-state index contributed by atoms with van der Waals surface area (Å²) in [4.78, 5) is 28.5. The Bertz CT molecular complexity index is 593. The van der Waals surface area contributed by atoms with Crippen LogP contribution in [0.1, 0.15) is 30.6 Å². The van der Waals surface area contributed by atoms with Gasteiger partial charge in [0.05, 0.1) is 19.8 Å². The molecule has 0 aromatic heterocycles. The highest BCUT2D eigenvalue weighted by atomic mass is 16.5. The van der Waals surface area contributed by atoms with Crippen molar-refractivity contribution < 1.29 is 19.1 Å². The second-order valence-electron chi connectivity index (χ2n) is 6.31. The maximum absolute atomic E-state index is 12.8. The molecular formula is C18H26N2O4. The van der Waals surface area contributed by atoms with E-state index >= 15 is 0 Å². The molecule has 1 aliphatic heterocycles. The van der Waals surface area contributed by atoms with Crippen molar-refractivity contribution in [1.82, 2.24) is 9.80 Å². The zero-order valence-corrected chi connectivity index (χ0v) is 14.9. The fraction of sp³-hybridized carbons (Fsp3) is 0.556. The molecule has 0 bridgehead atoms. The van der Waals surface area contributed by atoms with Crippen molar-refractivity contribution in [3.8, 4) is 11.5 Å². The maximum atomic E-state index is 12.8. The number of rotatable bonds is 5. The first-order valence-corrected chi connectivity index (χ1v) is 8.26. The number of para-hydroxylation sites is 1. The highest BCUT2D eigenvalue weighted by Gasteiger charge is 2.27. The Morgan fingerprint density at radius 2 is 1.67 bits per heavy atom. The average Bonchev–Trinajstić information content (AvgIpc) is 2.59. The predicted molar refractivity (Wildman–Crippen MR) is 91.5 cm³/mol. The number of piperazine rings is 1. The summed E-state index contributed by atoms with van der Waals surface area (Å²) in [6.45, 7) is 6.28. The number of methoxy groups -OCH3 is 2. The van der Waals surface area contributed by atoms with Crippen molar-refractivity contribution in [3.05, 3.63) is 23.8 Å². The van der Waals surface area contributed by atoms with E-state index in [2.05, 4.69) is 0 Å². The van der Waals surface area contributed by atoms with Gasteiger partial charge in [0, 0.05) is 32.6 Å². The van der Waals surface area contributed by atoms with Crippen molar-refractivity contribution >= 4 is 11.8 Å². The molecule has 0 spiro atoms. The van der Waals surface area contributed by atoms with Crippen LogP contribution in [-0.4, -0.2) is 62.0 Å². The molecule has 0 saturated carbocycles. The molecule has 24 heavy (non-hydrogen) atoms. The monoisotopic (exact) mass is 334 g/mol. The molecule has 1 fully saturated rings. The number of carbonyl (C=O) groups is 2. The largest absolute Gasteiger partial charge is 0.493 e. The van der Waals surface area contributed by atoms with Gasteiger partial charge >= 0.3 is 0 Å². The third kappa shape index (κ3) is 3.99. The third-order valence-electron chi connectivity index (χ3n) is 4.14. The standard InChI is InChI=1S/C18H26N2O4/c1-13(2)12-16(21)19-8-10-20(11-9-19)18(22)14-6-5-7-15(23-3)17(14)24-4/h5-7,13H,8-12H2,1-4H3. The molecule has 1 heterocycles. The molecule has 1 saturated heterocycles. The lowest BCUT2D eigenvalue weighted by atomic mass is 10.1. The van der Waals surface area contributed by atoms with Gasteiger partial charge in [-0.15, -0.1) is 0 Å². The van der Waals surface area contributed by atoms with Crippen molar-refractivity contribution in [1.29, 1.82) is 0 Å². The number of nitrogens with zero attached hydrogens (tertiary/aromatic N) is 2. The summed E-state index contributed by atoms with van der Waals surface area (Å²) in [6.07, 6.45) is 0.553. The number of hydrogen-bond donors (Lipinski definition) is 0. The molecule has 1 aromatic rings. The molecule has 0 N–H and O–H groups in total. The van der Waals surface area contributed by atoms with E-state index in [1.165, 1.54) is 7.11 Å². The minimum atomic E-state index is -0.0956. The van der Waals surface area contributed by atoms with Crippen LogP contribution < -0.4 is 9.47 Å². The van der Waals surface area contributed by atoms with Crippen LogP contribution in [0.5, 0.6) is 11.5 Å². The Hall–Kier alpha value is -2.24. The molecule has 6 heteroatoms. The van der Waals surface area contributed by atoms with E-state index in [1.54, 1.807) is 30.2 Å². The minimum absolute atomic E-state index is 0.0956. The van der Waals surface area contributed by atoms with Crippen LogP contribution >= 0.6 is 0 Å². The van der Waals surface area contributed by atoms with Gasteiger partial charge < -0.3 is 19.3 Å². The molecule has 1 aliphatic rings. The zero-order valence-electron chi connectivity index (χ0n) is 14.9. The van der Waals surface area contributed by atoms with Crippen molar-refractivity contribution in [2.24, 2.45) is 5.92 Å². The lowest BCUT2D eigenvalue weighted by Gasteiger charge is -2.35. The van der Waals surface area contributed by atoms with Gasteiger partial charge in [0.2, 0.25) is 5.91 Å². The van der Waals surface area contributed by atoms with Crippen LogP contribution in [0, 0.1) is 5.92 Å². The van der Waals surface area contributed by atoms with Crippen LogP contribution in [0.2, 0.25) is 0 Å². The summed E-state index contributed by atoms with van der Waals surface area (Å²) in [5.41, 5.74) is 0.485. The van der Waals surface area contributed by atoms with Crippen LogP contribution in [0.3, 0.4) is 0 Å². The Kier molecular flexibility index (Phi) is 6.06. The SMILES string of the molecule is COc1cccc(C(=O)N2CCN(C(=O)CC(C)C)CC2)c1OC. The molecule has 2 amide bonds. The van der Waals surface area contributed by atoms with E-state index < -0.39 is 0 Å². The topological polar surface area (TPSA) is 59.1 Å². The smallest absolute Gasteiger partial charge is 0.257 e. The lowest BCUT2D eigenvalue weighted by Crippen LogP contribution is -2.50. The van der Waals surface area contributed by atoms with Crippen LogP contribution in [0.15, 0.2) is 18.2 Å². The Labute approximate surface area is 143 Å². The molecule has 1 aromatic carbocycles. The quantitative estimate of drug-likeness (QED) is 0.827.